The van der Waals surface area contributed by atoms with Gasteiger partial charge in [-0.15, -0.1) is 13.2 Å². The zero-order valence-electron chi connectivity index (χ0n) is 9.33. The van der Waals surface area contributed by atoms with Gasteiger partial charge in [0.2, 0.25) is 0 Å². The van der Waals surface area contributed by atoms with Gasteiger partial charge in [-0.2, -0.15) is 21.6 Å². The molecule has 1 aromatic carbocycles. The van der Waals surface area contributed by atoms with Crippen LogP contribution in [0.2, 0.25) is 0 Å². The van der Waals surface area contributed by atoms with E-state index in [0.29, 0.717) is 0 Å². The van der Waals surface area contributed by atoms with Gasteiger partial charge in [0.05, 0.1) is 6.61 Å². The second-order valence-electron chi connectivity index (χ2n) is 3.35. The second kappa shape index (κ2) is 5.48. The Morgan fingerprint density at radius 3 is 1.85 bits per heavy atom. The molecule has 1 rings (SSSR count). The smallest absolute Gasteiger partial charge is 0.406 e. The third-order valence-corrected chi connectivity index (χ3v) is 2.82. The van der Waals surface area contributed by atoms with Gasteiger partial charge in [0.15, 0.2) is 0 Å². The van der Waals surface area contributed by atoms with E-state index in [1.165, 1.54) is 0 Å². The molecule has 0 saturated carbocycles. The molecule has 0 heterocycles. The van der Waals surface area contributed by atoms with Gasteiger partial charge >= 0.3 is 22.0 Å². The highest BCUT2D eigenvalue weighted by molar-refractivity contribution is 7.87. The molecule has 0 atom stereocenters. The molecular weight excluding hydrogens is 318 g/mol. The van der Waals surface area contributed by atoms with Crippen LogP contribution in [0.3, 0.4) is 0 Å². The minimum Gasteiger partial charge on any atom is -0.406 e. The first kappa shape index (κ1) is 16.6. The summed E-state index contributed by atoms with van der Waals surface area (Å²) in [5, 5.41) is 0. The Kier molecular flexibility index (Phi) is 4.54. The zero-order valence-corrected chi connectivity index (χ0v) is 10.1. The van der Waals surface area contributed by atoms with Crippen LogP contribution in [-0.2, 0) is 20.9 Å². The molecule has 0 aliphatic heterocycles. The topological polar surface area (TPSA) is 52.6 Å². The van der Waals surface area contributed by atoms with Gasteiger partial charge in [-0.3, -0.25) is 4.18 Å². The van der Waals surface area contributed by atoms with Crippen LogP contribution in [0.4, 0.5) is 26.3 Å². The van der Waals surface area contributed by atoms with Crippen molar-refractivity contribution in [2.24, 2.45) is 0 Å². The van der Waals surface area contributed by atoms with Crippen molar-refractivity contribution in [1.29, 1.82) is 0 Å². The molecule has 0 N–H and O–H groups in total. The third-order valence-electron chi connectivity index (χ3n) is 1.82. The average Bonchev–Trinajstić information content (AvgIpc) is 2.24. The lowest BCUT2D eigenvalue weighted by molar-refractivity contribution is -0.274. The van der Waals surface area contributed by atoms with Crippen molar-refractivity contribution < 1.29 is 43.7 Å². The van der Waals surface area contributed by atoms with Gasteiger partial charge < -0.3 is 4.74 Å². The summed E-state index contributed by atoms with van der Waals surface area (Å²) >= 11 is 0. The molecule has 0 spiro atoms. The molecule has 0 aliphatic rings. The predicted molar refractivity (Wildman–Crippen MR) is 52.9 cm³/mol. The molecule has 20 heavy (non-hydrogen) atoms. The summed E-state index contributed by atoms with van der Waals surface area (Å²) in [6.07, 6.45) is -4.91. The number of hydrogen-bond donors (Lipinski definition) is 0. The molecule has 0 unspecified atom stereocenters. The van der Waals surface area contributed by atoms with E-state index in [9.17, 15) is 34.8 Å². The Morgan fingerprint density at radius 1 is 0.950 bits per heavy atom. The minimum absolute atomic E-state index is 0.0765. The SMILES string of the molecule is O=S(=O)(OCc1ccc(OC(F)(F)F)cc1)C(F)(F)F. The van der Waals surface area contributed by atoms with E-state index in [-0.39, 0.29) is 5.56 Å². The van der Waals surface area contributed by atoms with E-state index in [4.69, 9.17) is 0 Å². The van der Waals surface area contributed by atoms with Crippen LogP contribution in [0.1, 0.15) is 5.56 Å². The number of hydrogen-bond acceptors (Lipinski definition) is 4. The third kappa shape index (κ3) is 4.89. The van der Waals surface area contributed by atoms with Crippen molar-refractivity contribution in [3.63, 3.8) is 0 Å². The minimum atomic E-state index is -5.75. The molecule has 11 heteroatoms. The van der Waals surface area contributed by atoms with Crippen LogP contribution in [0.5, 0.6) is 5.75 Å². The molecular formula is C9H6F6O4S. The van der Waals surface area contributed by atoms with Gasteiger partial charge in [0, 0.05) is 0 Å². The Labute approximate surface area is 109 Å². The van der Waals surface area contributed by atoms with E-state index < -0.39 is 34.3 Å². The van der Waals surface area contributed by atoms with Crippen LogP contribution in [0.25, 0.3) is 0 Å². The van der Waals surface area contributed by atoms with E-state index in [1.54, 1.807) is 0 Å². The van der Waals surface area contributed by atoms with E-state index in [1.807, 2.05) is 0 Å². The van der Waals surface area contributed by atoms with Gasteiger partial charge in [0.25, 0.3) is 0 Å². The highest BCUT2D eigenvalue weighted by Gasteiger charge is 2.47. The summed E-state index contributed by atoms with van der Waals surface area (Å²) in [6, 6.07) is 3.50. The Hall–Kier alpha value is -1.49. The fourth-order valence-corrected chi connectivity index (χ4v) is 1.42. The largest absolute Gasteiger partial charge is 0.573 e. The number of rotatable bonds is 4. The number of benzene rings is 1. The van der Waals surface area contributed by atoms with Gasteiger partial charge in [-0.05, 0) is 17.7 Å². The standard InChI is InChI=1S/C9H6F6O4S/c10-8(11,12)19-7-3-1-6(2-4-7)5-18-20(16,17)9(13,14)15/h1-4H,5H2. The number of alkyl halides is 6. The van der Waals surface area contributed by atoms with Crippen molar-refractivity contribution in [3.05, 3.63) is 29.8 Å². The molecule has 0 fully saturated rings. The predicted octanol–water partition coefficient (Wildman–Crippen LogP) is 2.95. The summed E-state index contributed by atoms with van der Waals surface area (Å²) in [6.45, 7) is -0.964. The number of ether oxygens (including phenoxy) is 1. The molecule has 0 radical (unpaired) electrons. The van der Waals surface area contributed by atoms with Crippen molar-refractivity contribution >= 4 is 10.1 Å². The highest BCUT2D eigenvalue weighted by Crippen LogP contribution is 2.26. The maximum absolute atomic E-state index is 11.9. The first-order chi connectivity index (χ1) is 8.91. The quantitative estimate of drug-likeness (QED) is 0.485. The molecule has 0 bridgehead atoms. The van der Waals surface area contributed by atoms with E-state index in [2.05, 4.69) is 8.92 Å². The average molecular weight is 324 g/mol. The number of halogens is 6. The summed E-state index contributed by atoms with van der Waals surface area (Å²) in [5.74, 6) is -0.597. The maximum atomic E-state index is 11.9. The van der Waals surface area contributed by atoms with E-state index in [0.717, 1.165) is 24.3 Å². The molecule has 1 aromatic rings. The lowest BCUT2D eigenvalue weighted by Crippen LogP contribution is -2.25. The summed E-state index contributed by atoms with van der Waals surface area (Å²) in [7, 11) is -5.75. The Balaban J connectivity index is 2.68. The second-order valence-corrected chi connectivity index (χ2v) is 4.96. The van der Waals surface area contributed by atoms with Crippen LogP contribution >= 0.6 is 0 Å². The molecule has 0 aromatic heterocycles. The normalized spacial score (nSPS) is 13.3. The summed E-state index contributed by atoms with van der Waals surface area (Å²) < 4.78 is 99.6. The van der Waals surface area contributed by atoms with Crippen molar-refractivity contribution in [1.82, 2.24) is 0 Å². The van der Waals surface area contributed by atoms with Gasteiger partial charge in [0.1, 0.15) is 5.75 Å². The Bertz CT molecular complexity index is 545. The molecule has 114 valence electrons. The van der Waals surface area contributed by atoms with Crippen molar-refractivity contribution in [2.75, 3.05) is 0 Å². The lowest BCUT2D eigenvalue weighted by atomic mass is 10.2. The molecule has 0 saturated heterocycles. The fourth-order valence-electron chi connectivity index (χ4n) is 1.000. The van der Waals surface area contributed by atoms with E-state index >= 15 is 0 Å². The lowest BCUT2D eigenvalue weighted by Gasteiger charge is -2.10. The molecule has 0 aliphatic carbocycles. The first-order valence-electron chi connectivity index (χ1n) is 4.71. The summed E-state index contributed by atoms with van der Waals surface area (Å²) in [5.41, 5.74) is -5.64. The van der Waals surface area contributed by atoms with Crippen LogP contribution in [-0.4, -0.2) is 20.3 Å². The molecule has 4 nitrogen and oxygen atoms in total. The van der Waals surface area contributed by atoms with Crippen LogP contribution < -0.4 is 4.74 Å². The monoisotopic (exact) mass is 324 g/mol. The first-order valence-corrected chi connectivity index (χ1v) is 6.12. The molecule has 0 amide bonds. The van der Waals surface area contributed by atoms with Crippen molar-refractivity contribution in [2.45, 2.75) is 18.5 Å². The van der Waals surface area contributed by atoms with Gasteiger partial charge in [-0.25, -0.2) is 0 Å². The highest BCUT2D eigenvalue weighted by atomic mass is 32.2. The summed E-state index contributed by atoms with van der Waals surface area (Å²) in [4.78, 5) is 0. The van der Waals surface area contributed by atoms with Crippen LogP contribution in [0.15, 0.2) is 24.3 Å². The van der Waals surface area contributed by atoms with Crippen LogP contribution in [0, 0.1) is 0 Å². The maximum Gasteiger partial charge on any atom is 0.573 e. The zero-order chi connectivity index (χ0) is 15.6. The fraction of sp³-hybridized carbons (Fsp3) is 0.333. The van der Waals surface area contributed by atoms with Crippen molar-refractivity contribution in [3.8, 4) is 5.75 Å². The van der Waals surface area contributed by atoms with Gasteiger partial charge in [-0.1, -0.05) is 12.1 Å². The Morgan fingerprint density at radius 2 is 1.45 bits per heavy atom.